The molecular weight excluding hydrogens is 206 g/mol. The Hall–Kier alpha value is -1.78. The van der Waals surface area contributed by atoms with Crippen LogP contribution in [-0.2, 0) is 0 Å². The molecule has 3 rings (SSSR count). The lowest BCUT2D eigenvalue weighted by Crippen LogP contribution is -2.28. The molecule has 3 heterocycles. The molecule has 0 saturated heterocycles. The number of rotatable bonds is 0. The van der Waals surface area contributed by atoms with Gasteiger partial charge in [-0.15, -0.1) is 0 Å². The standard InChI is InChI=1S/C11H13N3O2/c1-7-6-8-2-4-14(11(15)16)9(8)10-12-3-5-13(7)10/h3,5,7H,2,4,6H2,1H3,(H,15,16). The first kappa shape index (κ1) is 9.45. The fourth-order valence-corrected chi connectivity index (χ4v) is 2.64. The van der Waals surface area contributed by atoms with E-state index in [2.05, 4.69) is 16.5 Å². The number of fused-ring (bicyclic) bond motifs is 2. The summed E-state index contributed by atoms with van der Waals surface area (Å²) in [5.41, 5.74) is 2.05. The monoisotopic (exact) mass is 219 g/mol. The number of imidazole rings is 1. The minimum atomic E-state index is -0.880. The van der Waals surface area contributed by atoms with Gasteiger partial charge in [-0.2, -0.15) is 0 Å². The second-order valence-corrected chi connectivity index (χ2v) is 4.35. The van der Waals surface area contributed by atoms with Crippen molar-refractivity contribution in [2.75, 3.05) is 6.54 Å². The van der Waals surface area contributed by atoms with Gasteiger partial charge in [0.15, 0.2) is 5.82 Å². The van der Waals surface area contributed by atoms with Crippen LogP contribution in [0.3, 0.4) is 0 Å². The zero-order valence-corrected chi connectivity index (χ0v) is 9.05. The molecule has 16 heavy (non-hydrogen) atoms. The minimum Gasteiger partial charge on any atom is -0.465 e. The van der Waals surface area contributed by atoms with Gasteiger partial charge in [0.25, 0.3) is 0 Å². The first-order valence-corrected chi connectivity index (χ1v) is 5.44. The summed E-state index contributed by atoms with van der Waals surface area (Å²) in [6.07, 6.45) is 4.55. The van der Waals surface area contributed by atoms with Gasteiger partial charge in [0.2, 0.25) is 0 Å². The third kappa shape index (κ3) is 1.11. The van der Waals surface area contributed by atoms with Crippen molar-refractivity contribution < 1.29 is 9.90 Å². The maximum Gasteiger partial charge on any atom is 0.411 e. The molecule has 0 fully saturated rings. The predicted molar refractivity (Wildman–Crippen MR) is 57.8 cm³/mol. The molecule has 2 aliphatic rings. The van der Waals surface area contributed by atoms with E-state index < -0.39 is 6.09 Å². The van der Waals surface area contributed by atoms with Gasteiger partial charge in [0, 0.05) is 25.0 Å². The van der Waals surface area contributed by atoms with E-state index in [1.54, 1.807) is 6.20 Å². The van der Waals surface area contributed by atoms with Crippen molar-refractivity contribution in [2.45, 2.75) is 25.8 Å². The lowest BCUT2D eigenvalue weighted by molar-refractivity contribution is 0.168. The summed E-state index contributed by atoms with van der Waals surface area (Å²) in [6.45, 7) is 2.71. The van der Waals surface area contributed by atoms with Gasteiger partial charge in [-0.1, -0.05) is 0 Å². The van der Waals surface area contributed by atoms with Crippen LogP contribution in [-0.4, -0.2) is 32.2 Å². The van der Waals surface area contributed by atoms with E-state index in [1.165, 1.54) is 10.5 Å². The van der Waals surface area contributed by atoms with Gasteiger partial charge in [0.1, 0.15) is 0 Å². The van der Waals surface area contributed by atoms with E-state index in [9.17, 15) is 4.79 Å². The van der Waals surface area contributed by atoms with E-state index in [-0.39, 0.29) is 0 Å². The van der Waals surface area contributed by atoms with Crippen LogP contribution < -0.4 is 0 Å². The number of carboxylic acid groups (broad SMARTS) is 1. The number of amides is 1. The summed E-state index contributed by atoms with van der Waals surface area (Å²) in [5, 5.41) is 9.14. The van der Waals surface area contributed by atoms with E-state index in [0.29, 0.717) is 12.6 Å². The Bertz CT molecular complexity index is 489. The highest BCUT2D eigenvalue weighted by Gasteiger charge is 2.35. The van der Waals surface area contributed by atoms with Crippen LogP contribution in [0.2, 0.25) is 0 Å². The molecular formula is C11H13N3O2. The molecule has 1 atom stereocenters. The Morgan fingerprint density at radius 1 is 1.62 bits per heavy atom. The number of hydrogen-bond donors (Lipinski definition) is 1. The number of carbonyl (C=O) groups is 1. The molecule has 84 valence electrons. The molecule has 2 aliphatic heterocycles. The van der Waals surface area contributed by atoms with Crippen LogP contribution in [0.5, 0.6) is 0 Å². The van der Waals surface area contributed by atoms with E-state index in [1.807, 2.05) is 6.20 Å². The quantitative estimate of drug-likeness (QED) is 0.725. The Labute approximate surface area is 93.0 Å². The fraction of sp³-hybridized carbons (Fsp3) is 0.455. The third-order valence-corrected chi connectivity index (χ3v) is 3.37. The highest BCUT2D eigenvalue weighted by molar-refractivity contribution is 5.82. The smallest absolute Gasteiger partial charge is 0.411 e. The summed E-state index contributed by atoms with van der Waals surface area (Å²) in [5.74, 6) is 0.800. The maximum atomic E-state index is 11.1. The first-order valence-electron chi connectivity index (χ1n) is 5.44. The van der Waals surface area contributed by atoms with Crippen molar-refractivity contribution in [1.29, 1.82) is 0 Å². The van der Waals surface area contributed by atoms with Crippen molar-refractivity contribution in [1.82, 2.24) is 14.5 Å². The molecule has 1 amide bonds. The van der Waals surface area contributed by atoms with Gasteiger partial charge < -0.3 is 9.67 Å². The summed E-state index contributed by atoms with van der Waals surface area (Å²) in [6, 6.07) is 0.380. The van der Waals surface area contributed by atoms with Crippen molar-refractivity contribution in [3.8, 4) is 0 Å². The second kappa shape index (κ2) is 3.10. The molecule has 0 bridgehead atoms. The van der Waals surface area contributed by atoms with E-state index in [0.717, 1.165) is 24.4 Å². The minimum absolute atomic E-state index is 0.380. The van der Waals surface area contributed by atoms with E-state index in [4.69, 9.17) is 5.11 Å². The lowest BCUT2D eigenvalue weighted by Gasteiger charge is -2.25. The molecule has 0 spiro atoms. The molecule has 0 saturated carbocycles. The Morgan fingerprint density at radius 3 is 3.19 bits per heavy atom. The SMILES string of the molecule is CC1CC2=C(c3nccn31)N(C(=O)O)CC2. The Balaban J connectivity index is 2.13. The zero-order valence-electron chi connectivity index (χ0n) is 9.05. The van der Waals surface area contributed by atoms with Crippen molar-refractivity contribution in [3.63, 3.8) is 0 Å². The molecule has 0 radical (unpaired) electrons. The molecule has 1 aromatic rings. The van der Waals surface area contributed by atoms with Crippen molar-refractivity contribution >= 4 is 11.8 Å². The summed E-state index contributed by atoms with van der Waals surface area (Å²) in [4.78, 5) is 16.8. The van der Waals surface area contributed by atoms with Gasteiger partial charge in [-0.05, 0) is 25.3 Å². The summed E-state index contributed by atoms with van der Waals surface area (Å²) < 4.78 is 2.06. The van der Waals surface area contributed by atoms with Gasteiger partial charge in [0.05, 0.1) is 5.70 Å². The average molecular weight is 219 g/mol. The number of aromatic nitrogens is 2. The molecule has 1 aromatic heterocycles. The average Bonchev–Trinajstić information content (AvgIpc) is 2.80. The topological polar surface area (TPSA) is 58.4 Å². The fourth-order valence-electron chi connectivity index (χ4n) is 2.64. The zero-order chi connectivity index (χ0) is 11.3. The highest BCUT2D eigenvalue weighted by atomic mass is 16.4. The normalized spacial score (nSPS) is 23.3. The molecule has 5 heteroatoms. The molecule has 0 aliphatic carbocycles. The van der Waals surface area contributed by atoms with Crippen LogP contribution in [0.25, 0.3) is 5.70 Å². The second-order valence-electron chi connectivity index (χ2n) is 4.35. The van der Waals surface area contributed by atoms with Crippen LogP contribution in [0.15, 0.2) is 18.0 Å². The van der Waals surface area contributed by atoms with Gasteiger partial charge in [-0.25, -0.2) is 9.78 Å². The molecule has 5 nitrogen and oxygen atoms in total. The largest absolute Gasteiger partial charge is 0.465 e. The van der Waals surface area contributed by atoms with Crippen LogP contribution in [0.1, 0.15) is 31.6 Å². The van der Waals surface area contributed by atoms with Crippen molar-refractivity contribution in [3.05, 3.63) is 23.8 Å². The third-order valence-electron chi connectivity index (χ3n) is 3.37. The summed E-state index contributed by atoms with van der Waals surface area (Å²) >= 11 is 0. The molecule has 1 unspecified atom stereocenters. The first-order chi connectivity index (χ1) is 7.68. The maximum absolute atomic E-state index is 11.1. The number of hydrogen-bond acceptors (Lipinski definition) is 2. The Kier molecular flexibility index (Phi) is 1.83. The predicted octanol–water partition coefficient (Wildman–Crippen LogP) is 1.94. The summed E-state index contributed by atoms with van der Waals surface area (Å²) in [7, 11) is 0. The van der Waals surface area contributed by atoms with Crippen LogP contribution in [0.4, 0.5) is 4.79 Å². The van der Waals surface area contributed by atoms with Crippen LogP contribution in [0, 0.1) is 0 Å². The highest BCUT2D eigenvalue weighted by Crippen LogP contribution is 2.40. The van der Waals surface area contributed by atoms with Gasteiger partial charge in [-0.3, -0.25) is 4.90 Å². The number of nitrogens with zero attached hydrogens (tertiary/aromatic N) is 3. The van der Waals surface area contributed by atoms with Crippen molar-refractivity contribution in [2.24, 2.45) is 0 Å². The van der Waals surface area contributed by atoms with Gasteiger partial charge >= 0.3 is 6.09 Å². The van der Waals surface area contributed by atoms with Crippen LogP contribution >= 0.6 is 0 Å². The molecule has 1 N–H and O–H groups in total. The molecule has 0 aromatic carbocycles. The lowest BCUT2D eigenvalue weighted by atomic mass is 10.0. The van der Waals surface area contributed by atoms with E-state index >= 15 is 0 Å². The Morgan fingerprint density at radius 2 is 2.44 bits per heavy atom.